The van der Waals surface area contributed by atoms with E-state index in [1.54, 1.807) is 0 Å². The molecule has 1 atom stereocenters. The highest BCUT2D eigenvalue weighted by atomic mass is 14.2. The van der Waals surface area contributed by atoms with E-state index in [2.05, 4.69) is 37.3 Å². The third-order valence-electron chi connectivity index (χ3n) is 4.10. The molecule has 1 aromatic rings. The van der Waals surface area contributed by atoms with Gasteiger partial charge in [0, 0.05) is 0 Å². The van der Waals surface area contributed by atoms with Crippen LogP contribution in [0.3, 0.4) is 0 Å². The van der Waals surface area contributed by atoms with Crippen molar-refractivity contribution in [3.63, 3.8) is 0 Å². The van der Waals surface area contributed by atoms with Gasteiger partial charge in [0.25, 0.3) is 0 Å². The molecule has 1 unspecified atom stereocenters. The molecule has 0 aromatic heterocycles. The van der Waals surface area contributed by atoms with E-state index >= 15 is 0 Å². The summed E-state index contributed by atoms with van der Waals surface area (Å²) in [6.45, 7) is 2.36. The maximum absolute atomic E-state index is 2.36. The van der Waals surface area contributed by atoms with Crippen LogP contribution in [0.2, 0.25) is 0 Å². The summed E-state index contributed by atoms with van der Waals surface area (Å²) in [5, 5.41) is 0. The Hall–Kier alpha value is -0.780. The van der Waals surface area contributed by atoms with Crippen LogP contribution in [0.1, 0.15) is 69.8 Å². The second-order valence-corrected chi connectivity index (χ2v) is 5.51. The van der Waals surface area contributed by atoms with Crippen molar-refractivity contribution in [3.05, 3.63) is 41.8 Å². The Morgan fingerprint density at radius 3 is 2.41 bits per heavy atom. The molecule has 0 saturated heterocycles. The van der Waals surface area contributed by atoms with Crippen LogP contribution in [-0.4, -0.2) is 0 Å². The van der Waals surface area contributed by atoms with E-state index in [1.165, 1.54) is 56.9 Å². The van der Waals surface area contributed by atoms with Crippen LogP contribution in [0.15, 0.2) is 30.3 Å². The Morgan fingerprint density at radius 1 is 1.00 bits per heavy atom. The predicted octanol–water partition coefficient (Wildman–Crippen LogP) is 5.50. The van der Waals surface area contributed by atoms with E-state index < -0.39 is 0 Å². The van der Waals surface area contributed by atoms with Crippen LogP contribution in [0, 0.1) is 5.92 Å². The van der Waals surface area contributed by atoms with Gasteiger partial charge in [0.15, 0.2) is 0 Å². The van der Waals surface area contributed by atoms with Gasteiger partial charge in [-0.05, 0) is 43.1 Å². The molecule has 0 heteroatoms. The lowest BCUT2D eigenvalue weighted by atomic mass is 9.84. The SMILES string of the molecule is CC(CCC[C]1CCCCC1)c1ccccc1. The zero-order chi connectivity index (χ0) is 11.9. The summed E-state index contributed by atoms with van der Waals surface area (Å²) in [6, 6.07) is 10.9. The monoisotopic (exact) mass is 229 g/mol. The van der Waals surface area contributed by atoms with Crippen LogP contribution in [0.25, 0.3) is 0 Å². The summed E-state index contributed by atoms with van der Waals surface area (Å²) in [7, 11) is 0. The third-order valence-corrected chi connectivity index (χ3v) is 4.10. The Morgan fingerprint density at radius 2 is 1.71 bits per heavy atom. The van der Waals surface area contributed by atoms with Gasteiger partial charge in [-0.3, -0.25) is 0 Å². The molecule has 1 aliphatic rings. The van der Waals surface area contributed by atoms with Crippen molar-refractivity contribution in [1.82, 2.24) is 0 Å². The van der Waals surface area contributed by atoms with E-state index in [9.17, 15) is 0 Å². The lowest BCUT2D eigenvalue weighted by Crippen LogP contribution is -2.04. The van der Waals surface area contributed by atoms with Gasteiger partial charge in [0.05, 0.1) is 0 Å². The molecule has 1 saturated carbocycles. The molecule has 0 N–H and O–H groups in total. The molecule has 0 nitrogen and oxygen atoms in total. The minimum atomic E-state index is 0.723. The highest BCUT2D eigenvalue weighted by Gasteiger charge is 2.14. The zero-order valence-electron chi connectivity index (χ0n) is 11.1. The van der Waals surface area contributed by atoms with Crippen LogP contribution in [-0.2, 0) is 0 Å². The fourth-order valence-electron chi connectivity index (χ4n) is 2.91. The van der Waals surface area contributed by atoms with Crippen molar-refractivity contribution >= 4 is 0 Å². The molecule has 0 bridgehead atoms. The van der Waals surface area contributed by atoms with Crippen molar-refractivity contribution in [3.8, 4) is 0 Å². The smallest absolute Gasteiger partial charge is 0.0190 e. The quantitative estimate of drug-likeness (QED) is 0.625. The van der Waals surface area contributed by atoms with Gasteiger partial charge in [-0.1, -0.05) is 62.9 Å². The highest BCUT2D eigenvalue weighted by molar-refractivity contribution is 5.18. The molecule has 0 spiro atoms. The molecule has 1 radical (unpaired) electrons. The molecule has 17 heavy (non-hydrogen) atoms. The van der Waals surface area contributed by atoms with Crippen molar-refractivity contribution < 1.29 is 0 Å². The summed E-state index contributed by atoms with van der Waals surface area (Å²) in [6.07, 6.45) is 11.3. The topological polar surface area (TPSA) is 0 Å². The predicted molar refractivity (Wildman–Crippen MR) is 75.0 cm³/mol. The minimum absolute atomic E-state index is 0.723. The lowest BCUT2D eigenvalue weighted by molar-refractivity contribution is 0.484. The molecule has 0 amide bonds. The Bertz CT molecular complexity index is 295. The maximum atomic E-state index is 2.36. The first-order chi connectivity index (χ1) is 8.36. The summed E-state index contributed by atoms with van der Waals surface area (Å²) < 4.78 is 0. The van der Waals surface area contributed by atoms with Gasteiger partial charge < -0.3 is 0 Å². The van der Waals surface area contributed by atoms with Gasteiger partial charge in [-0.2, -0.15) is 0 Å². The molecule has 1 aromatic carbocycles. The Kier molecular flexibility index (Phi) is 5.09. The van der Waals surface area contributed by atoms with E-state index in [0.717, 1.165) is 5.92 Å². The van der Waals surface area contributed by atoms with Crippen LogP contribution in [0.4, 0.5) is 0 Å². The second kappa shape index (κ2) is 6.83. The standard InChI is InChI=1S/C17H25/c1-15(17-13-6-3-7-14-17)9-8-12-16-10-4-2-5-11-16/h3,6-7,13-15H,2,4-5,8-12H2,1H3. The minimum Gasteiger partial charge on any atom is -0.0622 e. The lowest BCUT2D eigenvalue weighted by Gasteiger charge is -2.21. The second-order valence-electron chi connectivity index (χ2n) is 5.51. The average Bonchev–Trinajstić information content (AvgIpc) is 2.41. The van der Waals surface area contributed by atoms with Gasteiger partial charge >= 0.3 is 0 Å². The van der Waals surface area contributed by atoms with E-state index in [1.807, 2.05) is 5.92 Å². The van der Waals surface area contributed by atoms with Crippen molar-refractivity contribution in [1.29, 1.82) is 0 Å². The summed E-state index contributed by atoms with van der Waals surface area (Å²) in [5.41, 5.74) is 1.50. The fraction of sp³-hybridized carbons (Fsp3) is 0.588. The molecule has 1 fully saturated rings. The number of rotatable bonds is 5. The maximum Gasteiger partial charge on any atom is -0.0190 e. The normalized spacial score (nSPS) is 19.1. The van der Waals surface area contributed by atoms with Gasteiger partial charge in [-0.25, -0.2) is 0 Å². The molecule has 0 heterocycles. The Labute approximate surface area is 106 Å². The van der Waals surface area contributed by atoms with Crippen LogP contribution < -0.4 is 0 Å². The van der Waals surface area contributed by atoms with E-state index in [4.69, 9.17) is 0 Å². The molecule has 93 valence electrons. The first-order valence-corrected chi connectivity index (χ1v) is 7.25. The van der Waals surface area contributed by atoms with Crippen LogP contribution >= 0.6 is 0 Å². The first kappa shape index (κ1) is 12.7. The number of hydrogen-bond acceptors (Lipinski definition) is 0. The molecule has 1 aliphatic carbocycles. The Balaban J connectivity index is 1.67. The zero-order valence-corrected chi connectivity index (χ0v) is 11.1. The average molecular weight is 229 g/mol. The summed E-state index contributed by atoms with van der Waals surface area (Å²) >= 11 is 0. The molecular formula is C17H25. The molecule has 0 aliphatic heterocycles. The fourth-order valence-corrected chi connectivity index (χ4v) is 2.91. The van der Waals surface area contributed by atoms with Gasteiger partial charge in [0.2, 0.25) is 0 Å². The van der Waals surface area contributed by atoms with E-state index in [0.29, 0.717) is 0 Å². The largest absolute Gasteiger partial charge is 0.0622 e. The number of hydrogen-bond donors (Lipinski definition) is 0. The van der Waals surface area contributed by atoms with Crippen molar-refractivity contribution in [2.45, 2.75) is 64.2 Å². The molecular weight excluding hydrogens is 204 g/mol. The van der Waals surface area contributed by atoms with Gasteiger partial charge in [0.1, 0.15) is 0 Å². The summed E-state index contributed by atoms with van der Waals surface area (Å²) in [4.78, 5) is 0. The first-order valence-electron chi connectivity index (χ1n) is 7.25. The van der Waals surface area contributed by atoms with E-state index in [-0.39, 0.29) is 0 Å². The highest BCUT2D eigenvalue weighted by Crippen LogP contribution is 2.31. The number of benzene rings is 1. The van der Waals surface area contributed by atoms with Crippen LogP contribution in [0.5, 0.6) is 0 Å². The van der Waals surface area contributed by atoms with Gasteiger partial charge in [-0.15, -0.1) is 0 Å². The van der Waals surface area contributed by atoms with Crippen molar-refractivity contribution in [2.24, 2.45) is 0 Å². The summed E-state index contributed by atoms with van der Waals surface area (Å²) in [5.74, 6) is 2.57. The third kappa shape index (κ3) is 4.18. The van der Waals surface area contributed by atoms with Crippen molar-refractivity contribution in [2.75, 3.05) is 0 Å². The molecule has 2 rings (SSSR count).